The van der Waals surface area contributed by atoms with Crippen LogP contribution in [-0.4, -0.2) is 24.3 Å². The second kappa shape index (κ2) is 6.83. The third-order valence-electron chi connectivity index (χ3n) is 3.66. The van der Waals surface area contributed by atoms with E-state index in [4.69, 9.17) is 4.74 Å². The molecule has 0 saturated carbocycles. The molecule has 120 valence electrons. The van der Waals surface area contributed by atoms with Crippen LogP contribution < -0.4 is 10.2 Å². The summed E-state index contributed by atoms with van der Waals surface area (Å²) in [6.07, 6.45) is 1.44. The van der Waals surface area contributed by atoms with E-state index in [1.807, 2.05) is 30.3 Å². The summed E-state index contributed by atoms with van der Waals surface area (Å²) in [5, 5.41) is 15.8. The van der Waals surface area contributed by atoms with E-state index in [0.717, 1.165) is 10.8 Å². The van der Waals surface area contributed by atoms with E-state index < -0.39 is 0 Å². The molecule has 5 nitrogen and oxygen atoms in total. The lowest BCUT2D eigenvalue weighted by Gasteiger charge is -2.05. The zero-order valence-electron chi connectivity index (χ0n) is 13.1. The highest BCUT2D eigenvalue weighted by molar-refractivity contribution is 6.03. The van der Waals surface area contributed by atoms with E-state index in [0.29, 0.717) is 16.9 Å². The Morgan fingerprint density at radius 1 is 1.08 bits per heavy atom. The maximum atomic E-state index is 12.1. The molecule has 2 N–H and O–H groups in total. The van der Waals surface area contributed by atoms with Crippen molar-refractivity contribution in [3.05, 3.63) is 71.8 Å². The van der Waals surface area contributed by atoms with Crippen molar-refractivity contribution in [1.29, 1.82) is 0 Å². The SMILES string of the molecule is COc1ccc(C(=O)N/N=C/c2c(O)ccc3ccccc23)cc1. The first kappa shape index (κ1) is 15.6. The lowest BCUT2D eigenvalue weighted by atomic mass is 10.0. The zero-order chi connectivity index (χ0) is 16.9. The molecule has 0 fully saturated rings. The molecule has 0 atom stereocenters. The summed E-state index contributed by atoms with van der Waals surface area (Å²) in [5.74, 6) is 0.445. The molecule has 3 aromatic rings. The maximum absolute atomic E-state index is 12.1. The average Bonchev–Trinajstić information content (AvgIpc) is 2.63. The topological polar surface area (TPSA) is 70.9 Å². The summed E-state index contributed by atoms with van der Waals surface area (Å²) in [4.78, 5) is 12.1. The van der Waals surface area contributed by atoms with Crippen LogP contribution in [0.3, 0.4) is 0 Å². The number of nitrogens with zero attached hydrogens (tertiary/aromatic N) is 1. The number of hydrogen-bond donors (Lipinski definition) is 2. The minimum Gasteiger partial charge on any atom is -0.507 e. The van der Waals surface area contributed by atoms with Crippen molar-refractivity contribution >= 4 is 22.9 Å². The van der Waals surface area contributed by atoms with Crippen LogP contribution in [0, 0.1) is 0 Å². The normalized spacial score (nSPS) is 10.9. The Balaban J connectivity index is 1.79. The number of hydrogen-bond acceptors (Lipinski definition) is 4. The molecular weight excluding hydrogens is 304 g/mol. The van der Waals surface area contributed by atoms with Gasteiger partial charge in [-0.3, -0.25) is 4.79 Å². The van der Waals surface area contributed by atoms with Crippen molar-refractivity contribution in [2.75, 3.05) is 7.11 Å². The number of hydrazone groups is 1. The van der Waals surface area contributed by atoms with Gasteiger partial charge in [-0.2, -0.15) is 5.10 Å². The molecule has 0 radical (unpaired) electrons. The number of nitrogens with one attached hydrogen (secondary N) is 1. The highest BCUT2D eigenvalue weighted by atomic mass is 16.5. The number of phenolic OH excluding ortho intramolecular Hbond substituents is 1. The van der Waals surface area contributed by atoms with E-state index in [2.05, 4.69) is 10.5 Å². The average molecular weight is 320 g/mol. The minimum absolute atomic E-state index is 0.108. The second-order valence-electron chi connectivity index (χ2n) is 5.15. The van der Waals surface area contributed by atoms with Crippen LogP contribution >= 0.6 is 0 Å². The first-order valence-corrected chi connectivity index (χ1v) is 7.37. The van der Waals surface area contributed by atoms with Crippen LogP contribution in [0.2, 0.25) is 0 Å². The second-order valence-corrected chi connectivity index (χ2v) is 5.15. The number of carbonyl (C=O) groups excluding carboxylic acids is 1. The van der Waals surface area contributed by atoms with Gasteiger partial charge in [-0.15, -0.1) is 0 Å². The van der Waals surface area contributed by atoms with Crippen LogP contribution in [-0.2, 0) is 0 Å². The van der Waals surface area contributed by atoms with Crippen LogP contribution in [0.1, 0.15) is 15.9 Å². The monoisotopic (exact) mass is 320 g/mol. The highest BCUT2D eigenvalue weighted by Gasteiger charge is 2.06. The number of methoxy groups -OCH3 is 1. The Hall–Kier alpha value is -3.34. The molecule has 0 saturated heterocycles. The predicted octanol–water partition coefficient (Wildman–Crippen LogP) is 3.32. The summed E-state index contributed by atoms with van der Waals surface area (Å²) >= 11 is 0. The van der Waals surface area contributed by atoms with E-state index in [1.54, 1.807) is 37.4 Å². The molecule has 0 spiro atoms. The number of rotatable bonds is 4. The molecule has 0 bridgehead atoms. The Morgan fingerprint density at radius 3 is 2.58 bits per heavy atom. The van der Waals surface area contributed by atoms with Gasteiger partial charge >= 0.3 is 0 Å². The minimum atomic E-state index is -0.339. The Morgan fingerprint density at radius 2 is 1.83 bits per heavy atom. The largest absolute Gasteiger partial charge is 0.507 e. The molecule has 1 amide bonds. The maximum Gasteiger partial charge on any atom is 0.271 e. The molecule has 0 aromatic heterocycles. The molecule has 5 heteroatoms. The van der Waals surface area contributed by atoms with Crippen molar-refractivity contribution in [3.63, 3.8) is 0 Å². The molecule has 3 aromatic carbocycles. The number of aromatic hydroxyl groups is 1. The summed E-state index contributed by atoms with van der Waals surface area (Å²) in [7, 11) is 1.57. The number of carbonyl (C=O) groups is 1. The number of ether oxygens (including phenoxy) is 1. The standard InChI is InChI=1S/C19H16N2O3/c1-24-15-9-6-14(7-10-15)19(23)21-20-12-17-16-5-3-2-4-13(16)8-11-18(17)22/h2-12,22H,1H3,(H,21,23)/b20-12+. The van der Waals surface area contributed by atoms with Gasteiger partial charge < -0.3 is 9.84 Å². The summed E-state index contributed by atoms with van der Waals surface area (Å²) in [5.41, 5.74) is 3.48. The van der Waals surface area contributed by atoms with Gasteiger partial charge in [0.2, 0.25) is 0 Å². The van der Waals surface area contributed by atoms with Gasteiger partial charge in [0.05, 0.1) is 13.3 Å². The fourth-order valence-corrected chi connectivity index (χ4v) is 2.38. The summed E-state index contributed by atoms with van der Waals surface area (Å²) < 4.78 is 5.05. The van der Waals surface area contributed by atoms with Crippen molar-refractivity contribution in [2.24, 2.45) is 5.10 Å². The van der Waals surface area contributed by atoms with E-state index >= 15 is 0 Å². The van der Waals surface area contributed by atoms with Crippen LogP contribution in [0.5, 0.6) is 11.5 Å². The van der Waals surface area contributed by atoms with Crippen LogP contribution in [0.15, 0.2) is 65.8 Å². The van der Waals surface area contributed by atoms with Crippen LogP contribution in [0.25, 0.3) is 10.8 Å². The predicted molar refractivity (Wildman–Crippen MR) is 93.7 cm³/mol. The van der Waals surface area contributed by atoms with E-state index in [1.165, 1.54) is 6.21 Å². The Labute approximate surface area is 139 Å². The number of benzene rings is 3. The number of phenols is 1. The molecular formula is C19H16N2O3. The van der Waals surface area contributed by atoms with Crippen molar-refractivity contribution in [3.8, 4) is 11.5 Å². The molecule has 3 rings (SSSR count). The number of fused-ring (bicyclic) bond motifs is 1. The smallest absolute Gasteiger partial charge is 0.271 e. The lowest BCUT2D eigenvalue weighted by Crippen LogP contribution is -2.17. The van der Waals surface area contributed by atoms with Gasteiger partial charge in [0.15, 0.2) is 0 Å². The van der Waals surface area contributed by atoms with Gasteiger partial charge in [0.25, 0.3) is 5.91 Å². The van der Waals surface area contributed by atoms with E-state index in [-0.39, 0.29) is 11.7 Å². The molecule has 24 heavy (non-hydrogen) atoms. The number of amides is 1. The summed E-state index contributed by atoms with van der Waals surface area (Å²) in [6.45, 7) is 0. The molecule has 0 unspecified atom stereocenters. The fraction of sp³-hybridized carbons (Fsp3) is 0.0526. The first-order valence-electron chi connectivity index (χ1n) is 7.37. The van der Waals surface area contributed by atoms with Crippen molar-refractivity contribution in [2.45, 2.75) is 0 Å². The van der Waals surface area contributed by atoms with Crippen molar-refractivity contribution < 1.29 is 14.6 Å². The molecule has 0 heterocycles. The lowest BCUT2D eigenvalue weighted by molar-refractivity contribution is 0.0955. The highest BCUT2D eigenvalue weighted by Crippen LogP contribution is 2.25. The molecule has 0 aliphatic carbocycles. The third kappa shape index (κ3) is 3.20. The third-order valence-corrected chi connectivity index (χ3v) is 3.66. The van der Waals surface area contributed by atoms with Gasteiger partial charge in [-0.25, -0.2) is 5.43 Å². The fourth-order valence-electron chi connectivity index (χ4n) is 2.38. The van der Waals surface area contributed by atoms with Gasteiger partial charge in [-0.05, 0) is 41.1 Å². The summed E-state index contributed by atoms with van der Waals surface area (Å²) in [6, 6.07) is 17.8. The Bertz CT molecular complexity index is 902. The van der Waals surface area contributed by atoms with Crippen molar-refractivity contribution in [1.82, 2.24) is 5.43 Å². The quantitative estimate of drug-likeness (QED) is 0.572. The van der Waals surface area contributed by atoms with Crippen LogP contribution in [0.4, 0.5) is 0 Å². The van der Waals surface area contributed by atoms with Gasteiger partial charge in [0.1, 0.15) is 11.5 Å². The van der Waals surface area contributed by atoms with Gasteiger partial charge in [0, 0.05) is 11.1 Å². The van der Waals surface area contributed by atoms with E-state index in [9.17, 15) is 9.90 Å². The Kier molecular flexibility index (Phi) is 4.43. The molecule has 0 aliphatic heterocycles. The first-order chi connectivity index (χ1) is 11.7. The van der Waals surface area contributed by atoms with Gasteiger partial charge in [-0.1, -0.05) is 30.3 Å². The molecule has 0 aliphatic rings. The zero-order valence-corrected chi connectivity index (χ0v) is 13.1.